The second kappa shape index (κ2) is 13.8. The van der Waals surface area contributed by atoms with Gasteiger partial charge in [-0.3, -0.25) is 9.97 Å². The molecule has 0 bridgehead atoms. The minimum Gasteiger partial charge on any atom is -0.263 e. The molecule has 1 spiro atoms. The third-order valence-corrected chi connectivity index (χ3v) is 12.2. The van der Waals surface area contributed by atoms with Gasteiger partial charge in [-0.05, 0) is 116 Å². The fourth-order valence-corrected chi connectivity index (χ4v) is 9.79. The van der Waals surface area contributed by atoms with Gasteiger partial charge in [0.1, 0.15) is 12.1 Å². The van der Waals surface area contributed by atoms with E-state index in [9.17, 15) is 10.5 Å². The zero-order valence-electron chi connectivity index (χ0n) is 32.7. The largest absolute Gasteiger partial charge is 0.263 e. The number of nitrogens with zero attached hydrogens (tertiary/aromatic N) is 6. The van der Waals surface area contributed by atoms with Crippen LogP contribution >= 0.6 is 0 Å². The van der Waals surface area contributed by atoms with Crippen molar-refractivity contribution in [3.05, 3.63) is 203 Å². The summed E-state index contributed by atoms with van der Waals surface area (Å²) in [5, 5.41) is 21.7. The van der Waals surface area contributed by atoms with Crippen LogP contribution in [0.2, 0.25) is 0 Å². The molecule has 0 atom stereocenters. The van der Waals surface area contributed by atoms with Gasteiger partial charge >= 0.3 is 0 Å². The summed E-state index contributed by atoms with van der Waals surface area (Å²) >= 11 is 0. The van der Waals surface area contributed by atoms with Crippen LogP contribution < -0.4 is 0 Å². The van der Waals surface area contributed by atoms with Crippen LogP contribution in [-0.4, -0.2) is 19.9 Å². The molecule has 6 nitrogen and oxygen atoms in total. The molecule has 5 aromatic carbocycles. The maximum Gasteiger partial charge on any atom is 0.101 e. The predicted octanol–water partition coefficient (Wildman–Crippen LogP) is 12.1. The van der Waals surface area contributed by atoms with Gasteiger partial charge in [0.05, 0.1) is 39.3 Å². The molecular weight excluding hydrogens is 733 g/mol. The minimum atomic E-state index is -0.637. The van der Waals surface area contributed by atoms with Gasteiger partial charge in [-0.15, -0.1) is 0 Å². The summed E-state index contributed by atoms with van der Waals surface area (Å²) in [4.78, 5) is 19.2. The summed E-state index contributed by atoms with van der Waals surface area (Å²) < 4.78 is 0. The Hall–Kier alpha value is -8.06. The monoisotopic (exact) mass is 766 g/mol. The highest BCUT2D eigenvalue weighted by Gasteiger charge is 2.52. The molecule has 0 amide bonds. The van der Waals surface area contributed by atoms with E-state index in [0.717, 1.165) is 63.3 Å². The molecule has 0 aliphatic heterocycles. The topological polar surface area (TPSA) is 99.1 Å². The molecule has 0 radical (unpaired) electrons. The van der Waals surface area contributed by atoms with E-state index in [-0.39, 0.29) is 0 Å². The number of pyridine rings is 4. The van der Waals surface area contributed by atoms with E-state index in [1.807, 2.05) is 30.3 Å². The van der Waals surface area contributed by atoms with Crippen LogP contribution in [-0.2, 0) is 11.8 Å². The smallest absolute Gasteiger partial charge is 0.101 e. The first-order valence-electron chi connectivity index (χ1n) is 20.2. The number of rotatable bonds is 6. The molecule has 280 valence electrons. The van der Waals surface area contributed by atoms with Gasteiger partial charge in [0.2, 0.25) is 0 Å². The van der Waals surface area contributed by atoms with E-state index in [1.54, 1.807) is 24.8 Å². The molecule has 0 saturated carbocycles. The van der Waals surface area contributed by atoms with Crippen molar-refractivity contribution >= 4 is 10.8 Å². The number of hydrogen-bond acceptors (Lipinski definition) is 6. The lowest BCUT2D eigenvalue weighted by Gasteiger charge is -2.31. The Balaban J connectivity index is 1.22. The molecule has 0 N–H and O–H groups in total. The lowest BCUT2D eigenvalue weighted by atomic mass is 9.69. The summed E-state index contributed by atoms with van der Waals surface area (Å²) in [5.41, 5.74) is 18.5. The molecular formula is C54H34N6. The Morgan fingerprint density at radius 1 is 0.483 bits per heavy atom. The van der Waals surface area contributed by atoms with Crippen molar-refractivity contribution in [2.45, 2.75) is 25.2 Å². The highest BCUT2D eigenvalue weighted by atomic mass is 14.7. The van der Waals surface area contributed by atoms with Crippen molar-refractivity contribution in [2.75, 3.05) is 0 Å². The number of fused-ring (bicyclic) bond motifs is 12. The van der Waals surface area contributed by atoms with Crippen molar-refractivity contribution in [1.82, 2.24) is 19.9 Å². The fourth-order valence-electron chi connectivity index (χ4n) is 9.79. The van der Waals surface area contributed by atoms with E-state index in [1.165, 1.54) is 55.5 Å². The molecule has 11 rings (SSSR count). The summed E-state index contributed by atoms with van der Waals surface area (Å²) in [7, 11) is 0. The standard InChI is InChI=1S/C54H34N6/c1-2-10-35-11-7-14-41-43(51-20-9-19-50(60-51)38-24-34(28-56)30-58-32-38)26-47-53(52(35)41)42-22-21-36(48-17-8-18-49(59-48)37-23-33(27-55)29-57-31-37)25-46(42)54(47)44-15-5-3-12-39(44)40-13-4-6-16-45(40)54/h3-9,11-26,29-32H,2,10H2,1H3. The summed E-state index contributed by atoms with van der Waals surface area (Å²) in [5.74, 6) is 0. The number of hydrogen-bond donors (Lipinski definition) is 0. The maximum atomic E-state index is 9.67. The van der Waals surface area contributed by atoms with Crippen molar-refractivity contribution in [3.8, 4) is 79.4 Å². The van der Waals surface area contributed by atoms with Crippen molar-refractivity contribution in [1.29, 1.82) is 10.5 Å². The minimum absolute atomic E-state index is 0.497. The molecule has 9 aromatic rings. The van der Waals surface area contributed by atoms with E-state index < -0.39 is 5.41 Å². The van der Waals surface area contributed by atoms with Gasteiger partial charge in [0.15, 0.2) is 0 Å². The Morgan fingerprint density at radius 2 is 1.07 bits per heavy atom. The lowest BCUT2D eigenvalue weighted by Crippen LogP contribution is -2.26. The van der Waals surface area contributed by atoms with Crippen LogP contribution in [0.4, 0.5) is 0 Å². The Kier molecular flexibility index (Phi) is 8.08. The van der Waals surface area contributed by atoms with Gasteiger partial charge in [-0.2, -0.15) is 10.5 Å². The van der Waals surface area contributed by atoms with Gasteiger partial charge in [0.25, 0.3) is 0 Å². The summed E-state index contributed by atoms with van der Waals surface area (Å²) in [6, 6.07) is 54.1. The van der Waals surface area contributed by atoms with Crippen molar-refractivity contribution in [3.63, 3.8) is 0 Å². The molecule has 4 heterocycles. The van der Waals surface area contributed by atoms with Crippen LogP contribution in [0.5, 0.6) is 0 Å². The van der Waals surface area contributed by atoms with Crippen LogP contribution in [0, 0.1) is 22.7 Å². The lowest BCUT2D eigenvalue weighted by molar-refractivity contribution is 0.794. The third kappa shape index (κ3) is 5.18. The second-order valence-electron chi connectivity index (χ2n) is 15.5. The molecule has 0 saturated heterocycles. The first-order chi connectivity index (χ1) is 29.6. The highest BCUT2D eigenvalue weighted by molar-refractivity contribution is 6.12. The highest BCUT2D eigenvalue weighted by Crippen LogP contribution is 2.65. The molecule has 4 aromatic heterocycles. The maximum absolute atomic E-state index is 9.67. The van der Waals surface area contributed by atoms with E-state index in [4.69, 9.17) is 9.97 Å². The Labute approximate surface area is 347 Å². The zero-order chi connectivity index (χ0) is 40.4. The van der Waals surface area contributed by atoms with Gasteiger partial charge in [-0.1, -0.05) is 104 Å². The zero-order valence-corrected chi connectivity index (χ0v) is 32.7. The molecule has 0 fully saturated rings. The van der Waals surface area contributed by atoms with Crippen LogP contribution in [0.1, 0.15) is 52.3 Å². The van der Waals surface area contributed by atoms with Crippen LogP contribution in [0.15, 0.2) is 164 Å². The van der Waals surface area contributed by atoms with Gasteiger partial charge in [0, 0.05) is 47.0 Å². The Bertz CT molecular complexity index is 3290. The summed E-state index contributed by atoms with van der Waals surface area (Å²) in [6.45, 7) is 2.25. The average Bonchev–Trinajstić information content (AvgIpc) is 3.78. The van der Waals surface area contributed by atoms with Crippen LogP contribution in [0.3, 0.4) is 0 Å². The van der Waals surface area contributed by atoms with E-state index in [2.05, 4.69) is 138 Å². The van der Waals surface area contributed by atoms with E-state index >= 15 is 0 Å². The average molecular weight is 767 g/mol. The van der Waals surface area contributed by atoms with Crippen molar-refractivity contribution < 1.29 is 0 Å². The molecule has 6 heteroatoms. The second-order valence-corrected chi connectivity index (χ2v) is 15.5. The quantitative estimate of drug-likeness (QED) is 0.167. The Morgan fingerprint density at radius 3 is 1.70 bits per heavy atom. The van der Waals surface area contributed by atoms with Crippen LogP contribution in [0.25, 0.3) is 78.1 Å². The van der Waals surface area contributed by atoms with Gasteiger partial charge in [-0.25, -0.2) is 9.97 Å². The number of aromatic nitrogens is 4. The first-order valence-corrected chi connectivity index (χ1v) is 20.2. The SMILES string of the molecule is CCCc1cccc2c(-c3cccc(-c4cncc(C#N)c4)n3)cc3c(c12)-c1ccc(-c2cccc(-c4cncc(C#N)c4)n2)cc1C31c2ccccc2-c2ccccc21. The number of benzene rings is 5. The first kappa shape index (κ1) is 35.1. The summed E-state index contributed by atoms with van der Waals surface area (Å²) in [6.07, 6.45) is 8.62. The molecule has 0 unspecified atom stereocenters. The molecule has 2 aliphatic rings. The van der Waals surface area contributed by atoms with Gasteiger partial charge < -0.3 is 0 Å². The number of nitriles is 2. The predicted molar refractivity (Wildman–Crippen MR) is 237 cm³/mol. The molecule has 60 heavy (non-hydrogen) atoms. The van der Waals surface area contributed by atoms with Crippen molar-refractivity contribution in [2.24, 2.45) is 0 Å². The number of aryl methyl sites for hydroxylation is 1. The third-order valence-electron chi connectivity index (χ3n) is 12.2. The normalized spacial score (nSPS) is 12.7. The fraction of sp³-hybridized carbons (Fsp3) is 0.0741. The molecule has 2 aliphatic carbocycles. The van der Waals surface area contributed by atoms with E-state index in [0.29, 0.717) is 11.1 Å².